The molecule has 3 heterocycles. The third-order valence-electron chi connectivity index (χ3n) is 11.3. The number of anilines is 1. The highest BCUT2D eigenvalue weighted by molar-refractivity contribution is 7.56. The predicted octanol–water partition coefficient (Wildman–Crippen LogP) is 8.01. The number of aromatic nitrogens is 2. The van der Waals surface area contributed by atoms with E-state index in [4.69, 9.17) is 42.7 Å². The van der Waals surface area contributed by atoms with Crippen molar-refractivity contribution < 1.29 is 56.5 Å². The molecule has 6 rings (SSSR count). The standard InChI is InChI=1S/C44H61N6O12PS/c1-10-27-22-44(27,63(55,59-12-3)60-25-58-42(54)57-11-2)49-38(51)35-20-30(23-50(35)39(52)37(43(6,7)8)48-41(53)62-28-15-13-14-16-28)61-36-21-33(34-24-64-40(47-34)45-26(4)5)46-32-19-29(56-9)17-18-31(32)36/h10,17-19,21,24,26-28,30,35,37H,1,11-16,20,22-23,25H2,2-9H3,(H,45,47)(H,48,53)(H,49,51)/t27-,30-,35+,37-,44+,63?/m1/s1. The van der Waals surface area contributed by atoms with Crippen LogP contribution in [0.2, 0.25) is 0 Å². The first kappa shape index (κ1) is 48.5. The van der Waals surface area contributed by atoms with Crippen molar-refractivity contribution in [3.8, 4) is 22.9 Å². The molecule has 0 spiro atoms. The van der Waals surface area contributed by atoms with Gasteiger partial charge in [-0.3, -0.25) is 18.7 Å². The zero-order valence-electron chi connectivity index (χ0n) is 37.8. The molecule has 0 radical (unpaired) electrons. The first-order valence-electron chi connectivity index (χ1n) is 21.7. The molecule has 3 aromatic rings. The van der Waals surface area contributed by atoms with Gasteiger partial charge in [0, 0.05) is 41.3 Å². The number of likely N-dealkylation sites (tertiary alicyclic amines) is 1. The molecule has 3 amide bonds. The predicted molar refractivity (Wildman–Crippen MR) is 240 cm³/mol. The third kappa shape index (κ3) is 11.1. The van der Waals surface area contributed by atoms with Gasteiger partial charge in [0.1, 0.15) is 46.8 Å². The molecule has 1 unspecified atom stereocenters. The van der Waals surface area contributed by atoms with E-state index in [2.05, 4.69) is 22.5 Å². The molecule has 0 bridgehead atoms. The van der Waals surface area contributed by atoms with E-state index >= 15 is 0 Å². The van der Waals surface area contributed by atoms with Crippen molar-refractivity contribution >= 4 is 59.0 Å². The van der Waals surface area contributed by atoms with E-state index in [1.165, 1.54) is 22.3 Å². The van der Waals surface area contributed by atoms with Crippen molar-refractivity contribution in [3.63, 3.8) is 0 Å². The van der Waals surface area contributed by atoms with E-state index in [-0.39, 0.29) is 44.7 Å². The minimum atomic E-state index is -4.29. The zero-order chi connectivity index (χ0) is 46.4. The summed E-state index contributed by atoms with van der Waals surface area (Å²) in [5.74, 6) is -0.768. The number of nitrogens with zero attached hydrogens (tertiary/aromatic N) is 3. The highest BCUT2D eigenvalue weighted by Crippen LogP contribution is 2.73. The van der Waals surface area contributed by atoms with Gasteiger partial charge >= 0.3 is 19.8 Å². The molecule has 6 atom stereocenters. The van der Waals surface area contributed by atoms with Gasteiger partial charge < -0.3 is 49.1 Å². The van der Waals surface area contributed by atoms with E-state index in [0.29, 0.717) is 33.8 Å². The lowest BCUT2D eigenvalue weighted by atomic mass is 9.85. The molecule has 18 nitrogen and oxygen atoms in total. The molecule has 1 aliphatic heterocycles. The smallest absolute Gasteiger partial charge is 0.497 e. The molecule has 1 aromatic carbocycles. The quantitative estimate of drug-likeness (QED) is 0.0449. The Morgan fingerprint density at radius 2 is 1.78 bits per heavy atom. The van der Waals surface area contributed by atoms with Crippen molar-refractivity contribution in [1.29, 1.82) is 0 Å². The van der Waals surface area contributed by atoms with Gasteiger partial charge in [-0.15, -0.1) is 17.9 Å². The van der Waals surface area contributed by atoms with Crippen molar-refractivity contribution in [2.75, 3.05) is 39.0 Å². The van der Waals surface area contributed by atoms with E-state index in [0.717, 1.165) is 30.8 Å². The second kappa shape index (κ2) is 20.5. The number of rotatable bonds is 19. The van der Waals surface area contributed by atoms with Gasteiger partial charge in [-0.2, -0.15) is 0 Å². The Hall–Kier alpha value is -4.97. The largest absolute Gasteiger partial charge is 0.510 e. The minimum absolute atomic E-state index is 0.00395. The molecular weight excluding hydrogens is 868 g/mol. The van der Waals surface area contributed by atoms with Crippen LogP contribution in [0.3, 0.4) is 0 Å². The lowest BCUT2D eigenvalue weighted by Crippen LogP contribution is -2.58. The van der Waals surface area contributed by atoms with Crippen LogP contribution in [0.25, 0.3) is 22.3 Å². The highest BCUT2D eigenvalue weighted by Gasteiger charge is 2.69. The Morgan fingerprint density at radius 1 is 1.03 bits per heavy atom. The summed E-state index contributed by atoms with van der Waals surface area (Å²) in [6.45, 7) is 15.7. The van der Waals surface area contributed by atoms with Gasteiger partial charge in [0.2, 0.25) is 18.6 Å². The van der Waals surface area contributed by atoms with Crippen LogP contribution in [-0.4, -0.2) is 108 Å². The second-order valence-electron chi connectivity index (χ2n) is 17.4. The maximum absolute atomic E-state index is 14.9. The molecule has 2 aromatic heterocycles. The molecule has 2 aliphatic carbocycles. The number of carbonyl (C=O) groups excluding carboxylic acids is 4. The summed E-state index contributed by atoms with van der Waals surface area (Å²) in [4.78, 5) is 66.1. The lowest BCUT2D eigenvalue weighted by Gasteiger charge is -2.36. The summed E-state index contributed by atoms with van der Waals surface area (Å²) >= 11 is 1.45. The number of pyridine rings is 1. The SMILES string of the molecule is C=C[C@@H]1C[C@]1(NC(=O)[C@@H]1C[C@@H](Oc2cc(-c3csc(NC(C)C)n3)nc3cc(OC)ccc23)CN1C(=O)[C@@H](NC(=O)OC1CCCC1)C(C)(C)C)P(=O)(OCC)OCOC(=O)OCC. The number of fused-ring (bicyclic) bond motifs is 1. The Balaban J connectivity index is 1.35. The molecule has 350 valence electrons. The monoisotopic (exact) mass is 928 g/mol. The number of nitrogens with one attached hydrogen (secondary N) is 3. The van der Waals surface area contributed by atoms with Crippen molar-refractivity contribution in [1.82, 2.24) is 25.5 Å². The van der Waals surface area contributed by atoms with Gasteiger partial charge in [-0.05, 0) is 77.3 Å². The van der Waals surface area contributed by atoms with Crippen LogP contribution < -0.4 is 25.4 Å². The van der Waals surface area contributed by atoms with Crippen molar-refractivity contribution in [2.45, 2.75) is 123 Å². The number of hydrogen-bond acceptors (Lipinski definition) is 16. The summed E-state index contributed by atoms with van der Waals surface area (Å²) < 4.78 is 53.8. The second-order valence-corrected chi connectivity index (χ2v) is 20.6. The lowest BCUT2D eigenvalue weighted by molar-refractivity contribution is -0.142. The summed E-state index contributed by atoms with van der Waals surface area (Å²) in [7, 11) is -2.73. The van der Waals surface area contributed by atoms with Crippen LogP contribution in [0.15, 0.2) is 42.3 Å². The Labute approximate surface area is 378 Å². The maximum atomic E-state index is 14.9. The number of benzene rings is 1. The van der Waals surface area contributed by atoms with Crippen LogP contribution in [0.5, 0.6) is 11.5 Å². The molecular formula is C44H61N6O12PS. The van der Waals surface area contributed by atoms with Crippen LogP contribution in [0.4, 0.5) is 14.7 Å². The summed E-state index contributed by atoms with van der Waals surface area (Å²) in [6, 6.07) is 5.03. The van der Waals surface area contributed by atoms with Crippen LogP contribution in [0.1, 0.15) is 87.0 Å². The van der Waals surface area contributed by atoms with Crippen LogP contribution >= 0.6 is 18.9 Å². The first-order chi connectivity index (χ1) is 30.4. The first-order valence-corrected chi connectivity index (χ1v) is 24.1. The molecule has 64 heavy (non-hydrogen) atoms. The fraction of sp³-hybridized carbons (Fsp3) is 0.591. The van der Waals surface area contributed by atoms with Gasteiger partial charge in [-0.25, -0.2) is 19.6 Å². The highest BCUT2D eigenvalue weighted by atomic mass is 32.1. The normalized spacial score (nSPS) is 22.3. The summed E-state index contributed by atoms with van der Waals surface area (Å²) in [5.41, 5.74) is 0.889. The maximum Gasteiger partial charge on any atom is 0.510 e. The van der Waals surface area contributed by atoms with E-state index < -0.39 is 73.3 Å². The summed E-state index contributed by atoms with van der Waals surface area (Å²) in [6.07, 6.45) is 2.25. The Kier molecular flexibility index (Phi) is 15.5. The number of ether oxygens (including phenoxy) is 5. The fourth-order valence-corrected chi connectivity index (χ4v) is 11.1. The van der Waals surface area contributed by atoms with Crippen LogP contribution in [-0.2, 0) is 37.4 Å². The topological polar surface area (TPSA) is 215 Å². The molecule has 2 saturated carbocycles. The van der Waals surface area contributed by atoms with Gasteiger partial charge in [-0.1, -0.05) is 26.8 Å². The van der Waals surface area contributed by atoms with Gasteiger partial charge in [0.15, 0.2) is 5.13 Å². The number of alkyl carbamates (subject to hydrolysis) is 1. The number of amides is 3. The van der Waals surface area contributed by atoms with Crippen molar-refractivity contribution in [2.24, 2.45) is 11.3 Å². The average Bonchev–Trinajstić information content (AvgIpc) is 3.64. The Bertz CT molecular complexity index is 2230. The molecule has 1 saturated heterocycles. The van der Waals surface area contributed by atoms with E-state index in [9.17, 15) is 23.7 Å². The zero-order valence-corrected chi connectivity index (χ0v) is 39.5. The third-order valence-corrected chi connectivity index (χ3v) is 14.7. The molecule has 20 heteroatoms. The van der Waals surface area contributed by atoms with Gasteiger partial charge in [0.25, 0.3) is 0 Å². The number of hydrogen-bond donors (Lipinski definition) is 3. The average molecular weight is 929 g/mol. The van der Waals surface area contributed by atoms with Crippen LogP contribution in [0, 0.1) is 11.3 Å². The fourth-order valence-electron chi connectivity index (χ4n) is 8.03. The minimum Gasteiger partial charge on any atom is -0.497 e. The van der Waals surface area contributed by atoms with Crippen molar-refractivity contribution in [3.05, 3.63) is 42.3 Å². The van der Waals surface area contributed by atoms with E-state index in [1.54, 1.807) is 39.2 Å². The molecule has 3 aliphatic rings. The number of carbonyl (C=O) groups is 4. The molecule has 3 fully saturated rings. The summed E-state index contributed by atoms with van der Waals surface area (Å²) in [5, 5.41) is 10.7. The number of methoxy groups -OCH3 is 1. The van der Waals surface area contributed by atoms with E-state index in [1.807, 2.05) is 46.1 Å². The molecule has 3 N–H and O–H groups in total. The van der Waals surface area contributed by atoms with Gasteiger partial charge in [0.05, 0.1) is 38.1 Å². The Morgan fingerprint density at radius 3 is 2.42 bits per heavy atom. The number of thiazole rings is 1.